The van der Waals surface area contributed by atoms with Gasteiger partial charge in [0.15, 0.2) is 0 Å². The second-order valence-corrected chi connectivity index (χ2v) is 8.48. The number of nitrogens with one attached hydrogen (secondary N) is 1. The molecule has 20 heavy (non-hydrogen) atoms. The molecule has 118 valence electrons. The number of hydrogen-bond donors (Lipinski definition) is 1. The molecule has 2 aliphatic rings. The molecule has 2 fully saturated rings. The first-order valence-corrected chi connectivity index (χ1v) is 10.6. The molecule has 4 heteroatoms. The van der Waals surface area contributed by atoms with E-state index in [-0.39, 0.29) is 5.60 Å². The van der Waals surface area contributed by atoms with Gasteiger partial charge in [-0.15, -0.1) is 0 Å². The predicted octanol–water partition coefficient (Wildman–Crippen LogP) is 3.80. The van der Waals surface area contributed by atoms with Crippen molar-refractivity contribution in [2.45, 2.75) is 57.6 Å². The Kier molecular flexibility index (Phi) is 7.57. The molecule has 0 aromatic rings. The standard InChI is InChI=1S/C16H31NOS2/c1-3-7-17-15(12-19-9-4-2)14-5-8-18-16(11-14)6-10-20-13-16/h14-15,17H,3-13H2,1-2H3. The molecule has 0 saturated carbocycles. The maximum Gasteiger partial charge on any atom is 0.0783 e. The molecule has 2 nitrogen and oxygen atoms in total. The smallest absolute Gasteiger partial charge is 0.0783 e. The molecular weight excluding hydrogens is 286 g/mol. The zero-order valence-corrected chi connectivity index (χ0v) is 14.8. The van der Waals surface area contributed by atoms with E-state index in [9.17, 15) is 0 Å². The average Bonchev–Trinajstić information content (AvgIpc) is 2.90. The second-order valence-electron chi connectivity index (χ2n) is 6.22. The quantitative estimate of drug-likeness (QED) is 0.687. The molecule has 2 aliphatic heterocycles. The van der Waals surface area contributed by atoms with Crippen molar-refractivity contribution < 1.29 is 4.74 Å². The number of thioether (sulfide) groups is 2. The highest BCUT2D eigenvalue weighted by atomic mass is 32.2. The van der Waals surface area contributed by atoms with Gasteiger partial charge in [-0.3, -0.25) is 0 Å². The lowest BCUT2D eigenvalue weighted by Crippen LogP contribution is -2.48. The topological polar surface area (TPSA) is 21.3 Å². The van der Waals surface area contributed by atoms with E-state index in [0.717, 1.165) is 19.1 Å². The van der Waals surface area contributed by atoms with Gasteiger partial charge in [-0.2, -0.15) is 23.5 Å². The summed E-state index contributed by atoms with van der Waals surface area (Å²) in [4.78, 5) is 0. The Bertz CT molecular complexity index is 269. The van der Waals surface area contributed by atoms with Crippen LogP contribution in [-0.4, -0.2) is 47.8 Å². The summed E-state index contributed by atoms with van der Waals surface area (Å²) in [5, 5.41) is 3.82. The molecule has 0 aromatic carbocycles. The van der Waals surface area contributed by atoms with Gasteiger partial charge in [0.1, 0.15) is 0 Å². The van der Waals surface area contributed by atoms with Crippen molar-refractivity contribution in [2.24, 2.45) is 5.92 Å². The van der Waals surface area contributed by atoms with Gasteiger partial charge < -0.3 is 10.1 Å². The summed E-state index contributed by atoms with van der Waals surface area (Å²) in [5.74, 6) is 5.92. The van der Waals surface area contributed by atoms with Crippen molar-refractivity contribution >= 4 is 23.5 Å². The molecular formula is C16H31NOS2. The lowest BCUT2D eigenvalue weighted by atomic mass is 9.81. The summed E-state index contributed by atoms with van der Waals surface area (Å²) < 4.78 is 6.18. The van der Waals surface area contributed by atoms with Crippen molar-refractivity contribution in [2.75, 3.05) is 36.2 Å². The minimum atomic E-state index is 0.231. The van der Waals surface area contributed by atoms with Crippen LogP contribution in [0.3, 0.4) is 0 Å². The van der Waals surface area contributed by atoms with E-state index in [2.05, 4.69) is 42.7 Å². The lowest BCUT2D eigenvalue weighted by Gasteiger charge is -2.41. The van der Waals surface area contributed by atoms with Crippen LogP contribution in [0.15, 0.2) is 0 Å². The Morgan fingerprint density at radius 1 is 1.40 bits per heavy atom. The molecule has 0 radical (unpaired) electrons. The molecule has 1 spiro atoms. The van der Waals surface area contributed by atoms with E-state index >= 15 is 0 Å². The monoisotopic (exact) mass is 317 g/mol. The third-order valence-electron chi connectivity index (χ3n) is 4.47. The number of ether oxygens (including phenoxy) is 1. The highest BCUT2D eigenvalue weighted by Gasteiger charge is 2.42. The predicted molar refractivity (Wildman–Crippen MR) is 93.0 cm³/mol. The van der Waals surface area contributed by atoms with Crippen LogP contribution >= 0.6 is 23.5 Å². The first-order chi connectivity index (χ1) is 9.79. The Labute approximate surface area is 133 Å². The third-order valence-corrected chi connectivity index (χ3v) is 6.98. The fraction of sp³-hybridized carbons (Fsp3) is 1.00. The van der Waals surface area contributed by atoms with E-state index in [1.54, 1.807) is 0 Å². The molecule has 0 bridgehead atoms. The van der Waals surface area contributed by atoms with Gasteiger partial charge in [-0.05, 0) is 56.1 Å². The largest absolute Gasteiger partial charge is 0.374 e. The normalized spacial score (nSPS) is 31.8. The molecule has 0 aliphatic carbocycles. The van der Waals surface area contributed by atoms with E-state index in [0.29, 0.717) is 6.04 Å². The first-order valence-electron chi connectivity index (χ1n) is 8.32. The fourth-order valence-electron chi connectivity index (χ4n) is 3.32. The maximum absolute atomic E-state index is 6.18. The summed E-state index contributed by atoms with van der Waals surface area (Å²) in [6.07, 6.45) is 6.34. The van der Waals surface area contributed by atoms with Crippen LogP contribution in [-0.2, 0) is 4.74 Å². The Morgan fingerprint density at radius 3 is 3.00 bits per heavy atom. The molecule has 0 aromatic heterocycles. The van der Waals surface area contributed by atoms with E-state index in [1.807, 2.05) is 0 Å². The van der Waals surface area contributed by atoms with Crippen LogP contribution in [0.2, 0.25) is 0 Å². The van der Waals surface area contributed by atoms with Gasteiger partial charge in [0.25, 0.3) is 0 Å². The Hall–Kier alpha value is 0.620. The molecule has 0 amide bonds. The van der Waals surface area contributed by atoms with Crippen molar-refractivity contribution in [1.29, 1.82) is 0 Å². The van der Waals surface area contributed by atoms with Crippen molar-refractivity contribution in [3.05, 3.63) is 0 Å². The highest BCUT2D eigenvalue weighted by molar-refractivity contribution is 7.99. The van der Waals surface area contributed by atoms with Crippen LogP contribution in [0.5, 0.6) is 0 Å². The minimum absolute atomic E-state index is 0.231. The van der Waals surface area contributed by atoms with Crippen LogP contribution in [0.25, 0.3) is 0 Å². The number of rotatable bonds is 8. The lowest BCUT2D eigenvalue weighted by molar-refractivity contribution is -0.0838. The molecule has 2 saturated heterocycles. The van der Waals surface area contributed by atoms with Gasteiger partial charge in [0.05, 0.1) is 5.60 Å². The van der Waals surface area contributed by atoms with E-state index in [4.69, 9.17) is 4.74 Å². The molecule has 1 N–H and O–H groups in total. The molecule has 3 unspecified atom stereocenters. The molecule has 2 rings (SSSR count). The maximum atomic E-state index is 6.18. The summed E-state index contributed by atoms with van der Waals surface area (Å²) in [6.45, 7) is 6.69. The first kappa shape index (κ1) is 17.0. The SMILES string of the molecule is CCCNC(CSCCC)C1CCOC2(CCSC2)C1. The molecule has 3 atom stereocenters. The van der Waals surface area contributed by atoms with Crippen molar-refractivity contribution in [3.63, 3.8) is 0 Å². The minimum Gasteiger partial charge on any atom is -0.374 e. The average molecular weight is 318 g/mol. The fourth-order valence-corrected chi connectivity index (χ4v) is 5.80. The highest BCUT2D eigenvalue weighted by Crippen LogP contribution is 2.41. The van der Waals surface area contributed by atoms with Crippen LogP contribution in [0.1, 0.15) is 46.0 Å². The van der Waals surface area contributed by atoms with E-state index < -0.39 is 0 Å². The Morgan fingerprint density at radius 2 is 2.30 bits per heavy atom. The van der Waals surface area contributed by atoms with Gasteiger partial charge in [-0.25, -0.2) is 0 Å². The van der Waals surface area contributed by atoms with Gasteiger partial charge in [0.2, 0.25) is 0 Å². The van der Waals surface area contributed by atoms with Crippen LogP contribution < -0.4 is 5.32 Å². The van der Waals surface area contributed by atoms with Gasteiger partial charge in [-0.1, -0.05) is 13.8 Å². The second kappa shape index (κ2) is 8.92. The van der Waals surface area contributed by atoms with Crippen LogP contribution in [0.4, 0.5) is 0 Å². The van der Waals surface area contributed by atoms with Crippen LogP contribution in [0, 0.1) is 5.92 Å². The Balaban J connectivity index is 1.88. The third kappa shape index (κ3) is 4.82. The zero-order chi connectivity index (χ0) is 14.3. The van der Waals surface area contributed by atoms with E-state index in [1.165, 1.54) is 55.1 Å². The summed E-state index contributed by atoms with van der Waals surface area (Å²) >= 11 is 4.21. The van der Waals surface area contributed by atoms with Gasteiger partial charge in [0, 0.05) is 24.2 Å². The summed E-state index contributed by atoms with van der Waals surface area (Å²) in [5.41, 5.74) is 0.231. The van der Waals surface area contributed by atoms with Gasteiger partial charge >= 0.3 is 0 Å². The summed E-state index contributed by atoms with van der Waals surface area (Å²) in [7, 11) is 0. The van der Waals surface area contributed by atoms with Crippen molar-refractivity contribution in [3.8, 4) is 0 Å². The van der Waals surface area contributed by atoms with Crippen molar-refractivity contribution in [1.82, 2.24) is 5.32 Å². The zero-order valence-electron chi connectivity index (χ0n) is 13.2. The molecule has 2 heterocycles. The number of hydrogen-bond acceptors (Lipinski definition) is 4. The summed E-state index contributed by atoms with van der Waals surface area (Å²) in [6, 6.07) is 0.692.